The first-order valence-electron chi connectivity index (χ1n) is 6.06. The van der Waals surface area contributed by atoms with Crippen LogP contribution in [0.5, 0.6) is 5.75 Å². The molecule has 3 aromatic rings. The summed E-state index contributed by atoms with van der Waals surface area (Å²) in [6.45, 7) is 1.96. The number of anilines is 1. The van der Waals surface area contributed by atoms with Crippen molar-refractivity contribution in [2.45, 2.75) is 6.92 Å². The van der Waals surface area contributed by atoms with E-state index in [9.17, 15) is 4.79 Å². The number of benzene rings is 1. The van der Waals surface area contributed by atoms with E-state index in [-0.39, 0.29) is 5.91 Å². The Morgan fingerprint density at radius 1 is 1.40 bits per heavy atom. The molecule has 2 aromatic heterocycles. The minimum Gasteiger partial charge on any atom is -0.495 e. The van der Waals surface area contributed by atoms with Crippen molar-refractivity contribution < 1.29 is 9.53 Å². The van der Waals surface area contributed by atoms with Crippen LogP contribution in [0.25, 0.3) is 10.9 Å². The van der Waals surface area contributed by atoms with Crippen molar-refractivity contribution in [2.75, 3.05) is 12.4 Å². The van der Waals surface area contributed by atoms with Crippen molar-refractivity contribution in [3.8, 4) is 5.75 Å². The quantitative estimate of drug-likeness (QED) is 0.777. The van der Waals surface area contributed by atoms with Crippen LogP contribution in [-0.4, -0.2) is 23.2 Å². The number of rotatable bonds is 3. The molecular weight excluding hydrogens is 274 g/mol. The van der Waals surface area contributed by atoms with E-state index in [1.807, 2.05) is 30.5 Å². The van der Waals surface area contributed by atoms with Gasteiger partial charge in [0, 0.05) is 16.8 Å². The highest BCUT2D eigenvalue weighted by Gasteiger charge is 2.14. The number of hydrogen-bond donors (Lipinski definition) is 2. The molecule has 1 aromatic carbocycles. The predicted octanol–water partition coefficient (Wildman–Crippen LogP) is 3.19. The Morgan fingerprint density at radius 3 is 3.05 bits per heavy atom. The lowest BCUT2D eigenvalue weighted by Gasteiger charge is -2.05. The van der Waals surface area contributed by atoms with E-state index in [4.69, 9.17) is 4.74 Å². The van der Waals surface area contributed by atoms with Crippen molar-refractivity contribution in [1.82, 2.24) is 10.2 Å². The van der Waals surface area contributed by atoms with E-state index in [1.165, 1.54) is 11.3 Å². The number of amides is 1. The number of ether oxygens (including phenoxy) is 1. The maximum atomic E-state index is 12.2. The number of nitrogens with zero attached hydrogens (tertiary/aromatic N) is 1. The van der Waals surface area contributed by atoms with Crippen LogP contribution in [0, 0.1) is 6.92 Å². The molecule has 0 unspecified atom stereocenters. The minimum absolute atomic E-state index is 0.177. The van der Waals surface area contributed by atoms with Crippen LogP contribution in [0.15, 0.2) is 29.6 Å². The molecule has 2 N–H and O–H groups in total. The highest BCUT2D eigenvalue weighted by Crippen LogP contribution is 2.26. The van der Waals surface area contributed by atoms with Crippen molar-refractivity contribution >= 4 is 33.8 Å². The van der Waals surface area contributed by atoms with Crippen LogP contribution in [0.1, 0.15) is 15.4 Å². The summed E-state index contributed by atoms with van der Waals surface area (Å²) in [5.74, 6) is 0.410. The molecule has 102 valence electrons. The first kappa shape index (κ1) is 12.7. The summed E-state index contributed by atoms with van der Waals surface area (Å²) < 4.78 is 5.15. The second-order valence-corrected chi connectivity index (χ2v) is 5.27. The molecule has 0 fully saturated rings. The molecule has 3 rings (SSSR count). The standard InChI is InChI=1S/C14H13N3O2S/c1-8-10-4-3-9(7-11(10)17-16-8)15-14(18)13-12(19-2)5-6-20-13/h3-7H,1-2H3,(H,15,18)(H,16,17). The van der Waals surface area contributed by atoms with Crippen LogP contribution in [0.3, 0.4) is 0 Å². The number of aromatic amines is 1. The van der Waals surface area contributed by atoms with Crippen molar-refractivity contribution in [2.24, 2.45) is 0 Å². The lowest BCUT2D eigenvalue weighted by molar-refractivity contribution is 0.102. The fraction of sp³-hybridized carbons (Fsp3) is 0.143. The Hall–Kier alpha value is -2.34. The average Bonchev–Trinajstić information content (AvgIpc) is 3.05. The molecule has 0 bridgehead atoms. The SMILES string of the molecule is COc1ccsc1C(=O)Nc1ccc2c(C)[nH]nc2c1. The van der Waals surface area contributed by atoms with Gasteiger partial charge in [-0.15, -0.1) is 11.3 Å². The van der Waals surface area contributed by atoms with Gasteiger partial charge in [0.05, 0.1) is 12.6 Å². The van der Waals surface area contributed by atoms with Gasteiger partial charge in [-0.3, -0.25) is 9.89 Å². The number of hydrogen-bond acceptors (Lipinski definition) is 4. The number of nitrogens with one attached hydrogen (secondary N) is 2. The third kappa shape index (κ3) is 2.14. The maximum absolute atomic E-state index is 12.2. The Balaban J connectivity index is 1.87. The zero-order chi connectivity index (χ0) is 14.1. The molecule has 5 nitrogen and oxygen atoms in total. The number of carbonyl (C=O) groups is 1. The van der Waals surface area contributed by atoms with Crippen LogP contribution < -0.4 is 10.1 Å². The number of methoxy groups -OCH3 is 1. The second kappa shape index (κ2) is 4.97. The summed E-state index contributed by atoms with van der Waals surface area (Å²) in [5.41, 5.74) is 2.56. The van der Waals surface area contributed by atoms with Gasteiger partial charge < -0.3 is 10.1 Å². The zero-order valence-electron chi connectivity index (χ0n) is 11.1. The first-order valence-corrected chi connectivity index (χ1v) is 6.94. The van der Waals surface area contributed by atoms with E-state index >= 15 is 0 Å². The van der Waals surface area contributed by atoms with E-state index in [1.54, 1.807) is 13.2 Å². The highest BCUT2D eigenvalue weighted by molar-refractivity contribution is 7.12. The summed E-state index contributed by atoms with van der Waals surface area (Å²) in [4.78, 5) is 12.7. The number of thiophene rings is 1. The number of carbonyl (C=O) groups excluding carboxylic acids is 1. The van der Waals surface area contributed by atoms with Gasteiger partial charge in [0.2, 0.25) is 0 Å². The van der Waals surface area contributed by atoms with Gasteiger partial charge in [0.25, 0.3) is 5.91 Å². The van der Waals surface area contributed by atoms with Crippen molar-refractivity contribution in [3.63, 3.8) is 0 Å². The summed E-state index contributed by atoms with van der Waals surface area (Å²) in [5, 5.41) is 12.8. The molecule has 0 aliphatic heterocycles. The van der Waals surface area contributed by atoms with E-state index in [2.05, 4.69) is 15.5 Å². The van der Waals surface area contributed by atoms with Gasteiger partial charge in [-0.05, 0) is 36.6 Å². The number of aryl methyl sites for hydroxylation is 1. The molecule has 0 atom stereocenters. The first-order chi connectivity index (χ1) is 9.69. The second-order valence-electron chi connectivity index (χ2n) is 4.35. The van der Waals surface area contributed by atoms with Gasteiger partial charge >= 0.3 is 0 Å². The summed E-state index contributed by atoms with van der Waals surface area (Å²) in [6, 6.07) is 7.43. The fourth-order valence-corrected chi connectivity index (χ4v) is 2.79. The molecule has 0 aliphatic carbocycles. The van der Waals surface area contributed by atoms with E-state index in [0.717, 1.165) is 16.6 Å². The van der Waals surface area contributed by atoms with Crippen LogP contribution in [-0.2, 0) is 0 Å². The molecular formula is C14H13N3O2S. The van der Waals surface area contributed by atoms with Gasteiger partial charge in [0.1, 0.15) is 10.6 Å². The van der Waals surface area contributed by atoms with Crippen LogP contribution in [0.2, 0.25) is 0 Å². The molecule has 0 spiro atoms. The predicted molar refractivity (Wildman–Crippen MR) is 79.7 cm³/mol. The Labute approximate surface area is 119 Å². The van der Waals surface area contributed by atoms with Crippen molar-refractivity contribution in [1.29, 1.82) is 0 Å². The van der Waals surface area contributed by atoms with Crippen molar-refractivity contribution in [3.05, 3.63) is 40.2 Å². The molecule has 6 heteroatoms. The lowest BCUT2D eigenvalue weighted by atomic mass is 10.2. The van der Waals surface area contributed by atoms with Gasteiger partial charge in [0.15, 0.2) is 0 Å². The van der Waals surface area contributed by atoms with Gasteiger partial charge in [-0.25, -0.2) is 0 Å². The van der Waals surface area contributed by atoms with Gasteiger partial charge in [-0.1, -0.05) is 0 Å². The Morgan fingerprint density at radius 2 is 2.25 bits per heavy atom. The molecule has 1 amide bonds. The maximum Gasteiger partial charge on any atom is 0.269 e. The topological polar surface area (TPSA) is 67.0 Å². The summed E-state index contributed by atoms with van der Waals surface area (Å²) in [7, 11) is 1.55. The minimum atomic E-state index is -0.177. The number of fused-ring (bicyclic) bond motifs is 1. The molecule has 0 saturated heterocycles. The lowest BCUT2D eigenvalue weighted by Crippen LogP contribution is -2.11. The molecule has 2 heterocycles. The third-order valence-corrected chi connectivity index (χ3v) is 3.95. The molecule has 0 radical (unpaired) electrons. The normalized spacial score (nSPS) is 10.7. The highest BCUT2D eigenvalue weighted by atomic mass is 32.1. The van der Waals surface area contributed by atoms with E-state index < -0.39 is 0 Å². The Kier molecular flexibility index (Phi) is 3.15. The van der Waals surface area contributed by atoms with Crippen LogP contribution >= 0.6 is 11.3 Å². The monoisotopic (exact) mass is 287 g/mol. The van der Waals surface area contributed by atoms with Crippen LogP contribution in [0.4, 0.5) is 5.69 Å². The number of H-pyrrole nitrogens is 1. The summed E-state index contributed by atoms with van der Waals surface area (Å²) >= 11 is 1.35. The fourth-order valence-electron chi connectivity index (χ4n) is 2.03. The number of aromatic nitrogens is 2. The Bertz CT molecular complexity index is 776. The summed E-state index contributed by atoms with van der Waals surface area (Å²) in [6.07, 6.45) is 0. The average molecular weight is 287 g/mol. The molecule has 0 aliphatic rings. The molecule has 20 heavy (non-hydrogen) atoms. The van der Waals surface area contributed by atoms with Gasteiger partial charge in [-0.2, -0.15) is 5.10 Å². The molecule has 0 saturated carbocycles. The smallest absolute Gasteiger partial charge is 0.269 e. The third-order valence-electron chi connectivity index (χ3n) is 3.06. The largest absolute Gasteiger partial charge is 0.495 e. The zero-order valence-corrected chi connectivity index (χ0v) is 11.9. The van der Waals surface area contributed by atoms with E-state index in [0.29, 0.717) is 16.3 Å².